The van der Waals surface area contributed by atoms with Crippen LogP contribution < -0.4 is 5.32 Å². The summed E-state index contributed by atoms with van der Waals surface area (Å²) < 4.78 is 1.13. The summed E-state index contributed by atoms with van der Waals surface area (Å²) in [4.78, 5) is 12.8. The number of ketones is 1. The van der Waals surface area contributed by atoms with Crippen LogP contribution in [0.1, 0.15) is 60.8 Å². The number of nitrogens with one attached hydrogen (secondary N) is 1. The third-order valence-corrected chi connectivity index (χ3v) is 4.52. The Morgan fingerprint density at radius 2 is 1.57 bits per heavy atom. The maximum absolute atomic E-state index is 12.8. The lowest BCUT2D eigenvalue weighted by molar-refractivity contribution is -0.896. The molecule has 1 rings (SSSR count). The molecule has 21 heavy (non-hydrogen) atoms. The number of nitrogens with zero attached hydrogens (tertiary/aromatic N) is 1. The number of carbonyl (C=O) groups excluding carboxylic acids is 1. The zero-order valence-electron chi connectivity index (χ0n) is 15.5. The van der Waals surface area contributed by atoms with Crippen molar-refractivity contribution in [3.8, 4) is 0 Å². The van der Waals surface area contributed by atoms with Crippen molar-refractivity contribution in [1.82, 2.24) is 5.32 Å². The fraction of sp³-hybridized carbons (Fsp3) is 0.944. The van der Waals surface area contributed by atoms with Crippen molar-refractivity contribution >= 4 is 5.78 Å². The zero-order chi connectivity index (χ0) is 16.5. The Balaban J connectivity index is 2.72. The van der Waals surface area contributed by atoms with E-state index in [9.17, 15) is 4.79 Å². The molecule has 1 aliphatic heterocycles. The Bertz CT molecular complexity index is 350. The molecule has 3 heteroatoms. The van der Waals surface area contributed by atoms with Gasteiger partial charge in [-0.25, -0.2) is 0 Å². The van der Waals surface area contributed by atoms with E-state index >= 15 is 0 Å². The van der Waals surface area contributed by atoms with Gasteiger partial charge >= 0.3 is 0 Å². The predicted octanol–water partition coefficient (Wildman–Crippen LogP) is 3.23. The van der Waals surface area contributed by atoms with Crippen molar-refractivity contribution in [2.24, 2.45) is 11.3 Å². The molecular formula is C18H37N2O+. The van der Waals surface area contributed by atoms with E-state index in [-0.39, 0.29) is 17.0 Å². The number of carbonyl (C=O) groups is 1. The molecule has 0 amide bonds. The van der Waals surface area contributed by atoms with Crippen molar-refractivity contribution in [2.75, 3.05) is 27.2 Å². The van der Waals surface area contributed by atoms with Crippen LogP contribution in [0, 0.1) is 11.3 Å². The standard InChI is InChI=1S/C18H37N2O/c1-17(2,3)16(21)15(19-18(4,5)6)13-14-9-11-20(7,8)12-10-14/h14-15,19H,9-13H2,1-8H3/q+1. The van der Waals surface area contributed by atoms with Crippen LogP contribution >= 0.6 is 0 Å². The van der Waals surface area contributed by atoms with E-state index in [4.69, 9.17) is 0 Å². The molecule has 0 aromatic carbocycles. The third kappa shape index (κ3) is 6.48. The molecule has 0 aromatic rings. The maximum Gasteiger partial charge on any atom is 0.155 e. The highest BCUT2D eigenvalue weighted by molar-refractivity contribution is 5.88. The molecular weight excluding hydrogens is 260 g/mol. The average Bonchev–Trinajstić information content (AvgIpc) is 2.27. The summed E-state index contributed by atoms with van der Waals surface area (Å²) in [5, 5.41) is 3.58. The Labute approximate surface area is 132 Å². The molecule has 1 N–H and O–H groups in total. The summed E-state index contributed by atoms with van der Waals surface area (Å²) in [6, 6.07) is -0.0105. The van der Waals surface area contributed by atoms with Crippen LogP contribution in [0.25, 0.3) is 0 Å². The first-order valence-electron chi connectivity index (χ1n) is 8.44. The lowest BCUT2D eigenvalue weighted by Gasteiger charge is -2.39. The molecule has 124 valence electrons. The summed E-state index contributed by atoms with van der Waals surface area (Å²) in [7, 11) is 4.61. The first-order chi connectivity index (χ1) is 9.30. The van der Waals surface area contributed by atoms with Crippen LogP contribution in [-0.2, 0) is 4.79 Å². The highest BCUT2D eigenvalue weighted by Gasteiger charge is 2.35. The molecule has 0 bridgehead atoms. The third-order valence-electron chi connectivity index (χ3n) is 4.52. The Morgan fingerprint density at radius 1 is 1.10 bits per heavy atom. The average molecular weight is 298 g/mol. The SMILES string of the molecule is CC(C)(C)NC(CC1CC[N+](C)(C)CC1)C(=O)C(C)(C)C. The molecule has 0 saturated carbocycles. The Hall–Kier alpha value is -0.410. The lowest BCUT2D eigenvalue weighted by atomic mass is 9.80. The predicted molar refractivity (Wildman–Crippen MR) is 90.3 cm³/mol. The van der Waals surface area contributed by atoms with Crippen molar-refractivity contribution in [1.29, 1.82) is 0 Å². The normalized spacial score (nSPS) is 22.1. The van der Waals surface area contributed by atoms with Crippen molar-refractivity contribution in [3.63, 3.8) is 0 Å². The minimum Gasteiger partial charge on any atom is -0.328 e. The number of rotatable bonds is 4. The second-order valence-corrected chi connectivity index (χ2v) is 9.62. The van der Waals surface area contributed by atoms with Crippen LogP contribution in [0.4, 0.5) is 0 Å². The molecule has 1 unspecified atom stereocenters. The van der Waals surface area contributed by atoms with E-state index in [1.54, 1.807) is 0 Å². The van der Waals surface area contributed by atoms with Crippen LogP contribution in [0.5, 0.6) is 0 Å². The minimum atomic E-state index is -0.271. The van der Waals surface area contributed by atoms with Crippen molar-refractivity contribution in [2.45, 2.75) is 72.4 Å². The van der Waals surface area contributed by atoms with Crippen LogP contribution in [0.15, 0.2) is 0 Å². The highest BCUT2D eigenvalue weighted by Crippen LogP contribution is 2.28. The number of hydrogen-bond donors (Lipinski definition) is 1. The Kier molecular flexibility index (Phi) is 5.66. The molecule has 0 spiro atoms. The molecule has 1 atom stereocenters. The van der Waals surface area contributed by atoms with Gasteiger partial charge in [0.15, 0.2) is 5.78 Å². The largest absolute Gasteiger partial charge is 0.328 e. The zero-order valence-corrected chi connectivity index (χ0v) is 15.5. The molecule has 1 saturated heterocycles. The van der Waals surface area contributed by atoms with E-state index in [1.807, 2.05) is 20.8 Å². The summed E-state index contributed by atoms with van der Waals surface area (Å²) in [5.74, 6) is 1.04. The fourth-order valence-corrected chi connectivity index (χ4v) is 3.17. The summed E-state index contributed by atoms with van der Waals surface area (Å²) in [6.07, 6.45) is 3.48. The number of likely N-dealkylation sites (tertiary alicyclic amines) is 1. The van der Waals surface area contributed by atoms with Gasteiger partial charge in [0.1, 0.15) is 0 Å². The quantitative estimate of drug-likeness (QED) is 0.807. The molecule has 3 nitrogen and oxygen atoms in total. The van der Waals surface area contributed by atoms with Gasteiger partial charge in [0.25, 0.3) is 0 Å². The minimum absolute atomic E-state index is 0.0105. The van der Waals surface area contributed by atoms with Gasteiger partial charge < -0.3 is 9.80 Å². The fourth-order valence-electron chi connectivity index (χ4n) is 3.17. The molecule has 0 aliphatic carbocycles. The topological polar surface area (TPSA) is 29.1 Å². The van der Waals surface area contributed by atoms with E-state index in [0.717, 1.165) is 10.9 Å². The number of hydrogen-bond acceptors (Lipinski definition) is 2. The molecule has 1 heterocycles. The van der Waals surface area contributed by atoms with Crippen molar-refractivity contribution < 1.29 is 9.28 Å². The molecule has 0 radical (unpaired) electrons. The van der Waals surface area contributed by atoms with E-state index in [1.165, 1.54) is 25.9 Å². The van der Waals surface area contributed by atoms with Gasteiger partial charge in [0.05, 0.1) is 33.2 Å². The smallest absolute Gasteiger partial charge is 0.155 e. The highest BCUT2D eigenvalue weighted by atomic mass is 16.1. The van der Waals surface area contributed by atoms with Gasteiger partial charge in [0.2, 0.25) is 0 Å². The first kappa shape index (κ1) is 18.6. The molecule has 1 fully saturated rings. The van der Waals surface area contributed by atoms with E-state index in [0.29, 0.717) is 11.7 Å². The lowest BCUT2D eigenvalue weighted by Crippen LogP contribution is -2.53. The summed E-state index contributed by atoms with van der Waals surface area (Å²) >= 11 is 0. The van der Waals surface area contributed by atoms with Crippen LogP contribution in [0.2, 0.25) is 0 Å². The summed E-state index contributed by atoms with van der Waals surface area (Å²) in [6.45, 7) is 15.0. The molecule has 0 aromatic heterocycles. The van der Waals surface area contributed by atoms with Gasteiger partial charge in [-0.1, -0.05) is 20.8 Å². The van der Waals surface area contributed by atoms with Crippen LogP contribution in [-0.4, -0.2) is 49.0 Å². The Morgan fingerprint density at radius 3 is 1.95 bits per heavy atom. The van der Waals surface area contributed by atoms with Gasteiger partial charge in [-0.3, -0.25) is 4.79 Å². The first-order valence-corrected chi connectivity index (χ1v) is 8.44. The van der Waals surface area contributed by atoms with Gasteiger partial charge in [-0.2, -0.15) is 0 Å². The number of quaternary nitrogens is 1. The number of piperidine rings is 1. The monoisotopic (exact) mass is 297 g/mol. The van der Waals surface area contributed by atoms with E-state index < -0.39 is 0 Å². The number of Topliss-reactive ketones (excluding diaryl/α,β-unsaturated/α-hetero) is 1. The summed E-state index contributed by atoms with van der Waals surface area (Å²) in [5.41, 5.74) is -0.289. The van der Waals surface area contributed by atoms with Gasteiger partial charge in [-0.15, -0.1) is 0 Å². The van der Waals surface area contributed by atoms with Crippen molar-refractivity contribution in [3.05, 3.63) is 0 Å². The van der Waals surface area contributed by atoms with E-state index in [2.05, 4.69) is 40.2 Å². The van der Waals surface area contributed by atoms with Crippen LogP contribution in [0.3, 0.4) is 0 Å². The van der Waals surface area contributed by atoms with Gasteiger partial charge in [-0.05, 0) is 46.0 Å². The second kappa shape index (κ2) is 6.37. The van der Waals surface area contributed by atoms with Gasteiger partial charge in [0, 0.05) is 11.0 Å². The maximum atomic E-state index is 12.8. The molecule has 1 aliphatic rings. The second-order valence-electron chi connectivity index (χ2n) is 9.62.